The molecule has 2 heteroatoms. The summed E-state index contributed by atoms with van der Waals surface area (Å²) in [6, 6.07) is 0. The summed E-state index contributed by atoms with van der Waals surface area (Å²) in [5, 5.41) is 3.04. The molecule has 0 saturated heterocycles. The molecule has 1 amide bonds. The third-order valence-electron chi connectivity index (χ3n) is 3.68. The second-order valence-electron chi connectivity index (χ2n) is 7.24. The molecule has 0 aliphatic heterocycles. The van der Waals surface area contributed by atoms with Crippen molar-refractivity contribution in [2.24, 2.45) is 5.41 Å². The van der Waals surface area contributed by atoms with Gasteiger partial charge >= 0.3 is 0 Å². The Morgan fingerprint density at radius 2 is 1.45 bits per heavy atom. The van der Waals surface area contributed by atoms with Gasteiger partial charge in [-0.25, -0.2) is 0 Å². The maximum absolute atomic E-state index is 11.6. The van der Waals surface area contributed by atoms with Gasteiger partial charge in [0.1, 0.15) is 0 Å². The molecule has 0 atom stereocenters. The van der Waals surface area contributed by atoms with Gasteiger partial charge in [-0.3, -0.25) is 4.79 Å². The molecule has 0 bridgehead atoms. The Labute approximate surface area is 127 Å². The fraction of sp³-hybridized carbons (Fsp3) is 0.944. The summed E-state index contributed by atoms with van der Waals surface area (Å²) >= 11 is 0. The Hall–Kier alpha value is -0.530. The van der Waals surface area contributed by atoms with Crippen LogP contribution in [0.25, 0.3) is 0 Å². The van der Waals surface area contributed by atoms with Crippen molar-refractivity contribution >= 4 is 5.91 Å². The first-order chi connectivity index (χ1) is 9.45. The van der Waals surface area contributed by atoms with E-state index in [4.69, 9.17) is 0 Å². The van der Waals surface area contributed by atoms with Gasteiger partial charge in [0.2, 0.25) is 5.91 Å². The third kappa shape index (κ3) is 15.5. The van der Waals surface area contributed by atoms with Crippen molar-refractivity contribution < 1.29 is 4.79 Å². The molecule has 0 rings (SSSR count). The molecule has 0 heterocycles. The van der Waals surface area contributed by atoms with Gasteiger partial charge in [0.15, 0.2) is 0 Å². The number of carbonyl (C=O) groups is 1. The monoisotopic (exact) mass is 283 g/mol. The van der Waals surface area contributed by atoms with Crippen LogP contribution in [0.3, 0.4) is 0 Å². The average Bonchev–Trinajstić information content (AvgIpc) is 2.36. The molecular weight excluding hydrogens is 246 g/mol. The average molecular weight is 283 g/mol. The van der Waals surface area contributed by atoms with Gasteiger partial charge in [-0.1, -0.05) is 72.6 Å². The summed E-state index contributed by atoms with van der Waals surface area (Å²) < 4.78 is 0. The minimum absolute atomic E-state index is 0.245. The Morgan fingerprint density at radius 1 is 0.850 bits per heavy atom. The van der Waals surface area contributed by atoms with E-state index < -0.39 is 0 Å². The number of carbonyl (C=O) groups excluding carboxylic acids is 1. The van der Waals surface area contributed by atoms with Crippen molar-refractivity contribution in [3.63, 3.8) is 0 Å². The first kappa shape index (κ1) is 19.5. The fourth-order valence-electron chi connectivity index (χ4n) is 2.34. The van der Waals surface area contributed by atoms with Gasteiger partial charge in [0.25, 0.3) is 0 Å². The first-order valence-corrected chi connectivity index (χ1v) is 8.72. The largest absolute Gasteiger partial charge is 0.356 e. The van der Waals surface area contributed by atoms with Crippen LogP contribution in [0.2, 0.25) is 0 Å². The number of unbranched alkanes of at least 4 members (excludes halogenated alkanes) is 7. The molecule has 0 aromatic rings. The standard InChI is InChI=1S/C18H37NO/c1-5-6-7-8-9-13-16-19-17(20)14-11-10-12-15-18(2,3)4/h5-16H2,1-4H3,(H,19,20). The van der Waals surface area contributed by atoms with Gasteiger partial charge in [-0.15, -0.1) is 0 Å². The van der Waals surface area contributed by atoms with Gasteiger partial charge in [-0.2, -0.15) is 0 Å². The molecule has 0 aliphatic carbocycles. The SMILES string of the molecule is CCCCCCCCNC(=O)CCCCCC(C)(C)C. The predicted octanol–water partition coefficient (Wildman–Crippen LogP) is 5.46. The number of hydrogen-bond donors (Lipinski definition) is 1. The van der Waals surface area contributed by atoms with E-state index in [1.165, 1.54) is 51.4 Å². The molecule has 0 aromatic heterocycles. The summed E-state index contributed by atoms with van der Waals surface area (Å²) in [4.78, 5) is 11.6. The van der Waals surface area contributed by atoms with E-state index in [9.17, 15) is 4.79 Å². The zero-order chi connectivity index (χ0) is 15.3. The van der Waals surface area contributed by atoms with Crippen molar-refractivity contribution in [1.82, 2.24) is 5.32 Å². The highest BCUT2D eigenvalue weighted by atomic mass is 16.1. The van der Waals surface area contributed by atoms with Crippen molar-refractivity contribution in [2.45, 2.75) is 98.3 Å². The molecule has 0 saturated carbocycles. The molecule has 120 valence electrons. The van der Waals surface area contributed by atoms with E-state index in [0.29, 0.717) is 11.8 Å². The van der Waals surface area contributed by atoms with Crippen LogP contribution in [0.15, 0.2) is 0 Å². The lowest BCUT2D eigenvalue weighted by molar-refractivity contribution is -0.121. The predicted molar refractivity (Wildman–Crippen MR) is 88.9 cm³/mol. The van der Waals surface area contributed by atoms with E-state index in [1.54, 1.807) is 0 Å². The molecule has 1 N–H and O–H groups in total. The highest BCUT2D eigenvalue weighted by Crippen LogP contribution is 2.22. The number of amides is 1. The highest BCUT2D eigenvalue weighted by Gasteiger charge is 2.09. The molecule has 0 aliphatic rings. The van der Waals surface area contributed by atoms with Crippen molar-refractivity contribution in [1.29, 1.82) is 0 Å². The molecule has 2 nitrogen and oxygen atoms in total. The molecule has 0 fully saturated rings. The van der Waals surface area contributed by atoms with Crippen LogP contribution in [-0.4, -0.2) is 12.5 Å². The van der Waals surface area contributed by atoms with Crippen LogP contribution < -0.4 is 5.32 Å². The minimum atomic E-state index is 0.245. The van der Waals surface area contributed by atoms with Crippen molar-refractivity contribution in [3.05, 3.63) is 0 Å². The second-order valence-corrected chi connectivity index (χ2v) is 7.24. The second kappa shape index (κ2) is 12.2. The Balaban J connectivity index is 3.25. The van der Waals surface area contributed by atoms with Crippen LogP contribution in [0.5, 0.6) is 0 Å². The minimum Gasteiger partial charge on any atom is -0.356 e. The van der Waals surface area contributed by atoms with Crippen LogP contribution in [0.4, 0.5) is 0 Å². The summed E-state index contributed by atoms with van der Waals surface area (Å²) in [7, 11) is 0. The van der Waals surface area contributed by atoms with Gasteiger partial charge in [0, 0.05) is 13.0 Å². The summed E-state index contributed by atoms with van der Waals surface area (Å²) in [6.07, 6.45) is 13.1. The van der Waals surface area contributed by atoms with E-state index >= 15 is 0 Å². The van der Waals surface area contributed by atoms with Gasteiger partial charge in [-0.05, 0) is 24.7 Å². The zero-order valence-electron chi connectivity index (χ0n) is 14.4. The molecular formula is C18H37NO. The van der Waals surface area contributed by atoms with Crippen molar-refractivity contribution in [3.8, 4) is 0 Å². The quantitative estimate of drug-likeness (QED) is 0.473. The molecule has 0 aromatic carbocycles. The van der Waals surface area contributed by atoms with Gasteiger partial charge in [0.05, 0.1) is 0 Å². The zero-order valence-corrected chi connectivity index (χ0v) is 14.4. The lowest BCUT2D eigenvalue weighted by Gasteiger charge is -2.17. The number of nitrogens with one attached hydrogen (secondary N) is 1. The fourth-order valence-corrected chi connectivity index (χ4v) is 2.34. The van der Waals surface area contributed by atoms with Crippen molar-refractivity contribution in [2.75, 3.05) is 6.54 Å². The summed E-state index contributed by atoms with van der Waals surface area (Å²) in [5.41, 5.74) is 0.431. The Kier molecular flexibility index (Phi) is 11.9. The Bertz CT molecular complexity index is 230. The molecule has 0 radical (unpaired) electrons. The smallest absolute Gasteiger partial charge is 0.219 e. The van der Waals surface area contributed by atoms with E-state index in [1.807, 2.05) is 0 Å². The molecule has 0 unspecified atom stereocenters. The maximum Gasteiger partial charge on any atom is 0.219 e. The maximum atomic E-state index is 11.6. The first-order valence-electron chi connectivity index (χ1n) is 8.72. The van der Waals surface area contributed by atoms with Crippen LogP contribution in [-0.2, 0) is 4.79 Å². The topological polar surface area (TPSA) is 29.1 Å². The Morgan fingerprint density at radius 3 is 2.10 bits per heavy atom. The number of hydrogen-bond acceptors (Lipinski definition) is 1. The van der Waals surface area contributed by atoms with Crippen LogP contribution in [0.1, 0.15) is 98.3 Å². The third-order valence-corrected chi connectivity index (χ3v) is 3.68. The van der Waals surface area contributed by atoms with Crippen LogP contribution in [0, 0.1) is 5.41 Å². The van der Waals surface area contributed by atoms with E-state index in [0.717, 1.165) is 19.4 Å². The lowest BCUT2D eigenvalue weighted by Crippen LogP contribution is -2.23. The molecule has 0 spiro atoms. The van der Waals surface area contributed by atoms with E-state index in [-0.39, 0.29) is 5.91 Å². The highest BCUT2D eigenvalue weighted by molar-refractivity contribution is 5.75. The van der Waals surface area contributed by atoms with Gasteiger partial charge < -0.3 is 5.32 Å². The van der Waals surface area contributed by atoms with E-state index in [2.05, 4.69) is 33.0 Å². The summed E-state index contributed by atoms with van der Waals surface area (Å²) in [5.74, 6) is 0.245. The summed E-state index contributed by atoms with van der Waals surface area (Å²) in [6.45, 7) is 9.94. The normalized spacial score (nSPS) is 11.6. The number of rotatable bonds is 12. The van der Waals surface area contributed by atoms with Crippen LogP contribution >= 0.6 is 0 Å². The molecule has 20 heavy (non-hydrogen) atoms. The lowest BCUT2D eigenvalue weighted by atomic mass is 9.89.